The normalized spacial score (nSPS) is 10.3. The molecule has 0 unspecified atom stereocenters. The highest BCUT2D eigenvalue weighted by Crippen LogP contribution is 2.17. The summed E-state index contributed by atoms with van der Waals surface area (Å²) >= 11 is 5.93. The van der Waals surface area contributed by atoms with Crippen molar-refractivity contribution in [1.82, 2.24) is 14.8 Å². The van der Waals surface area contributed by atoms with E-state index < -0.39 is 5.91 Å². The van der Waals surface area contributed by atoms with Gasteiger partial charge in [0.25, 0.3) is 5.91 Å². The molecule has 0 aliphatic rings. The van der Waals surface area contributed by atoms with E-state index >= 15 is 0 Å². The van der Waals surface area contributed by atoms with Crippen LogP contribution in [0.15, 0.2) is 24.5 Å². The first kappa shape index (κ1) is 13.3. The van der Waals surface area contributed by atoms with E-state index in [0.717, 1.165) is 6.54 Å². The number of nitrogen functional groups attached to an aromatic ring is 1. The maximum absolute atomic E-state index is 12.0. The van der Waals surface area contributed by atoms with E-state index in [1.54, 1.807) is 29.2 Å². The van der Waals surface area contributed by atoms with Crippen molar-refractivity contribution in [2.24, 2.45) is 5.84 Å². The van der Waals surface area contributed by atoms with Crippen molar-refractivity contribution in [3.8, 4) is 0 Å². The van der Waals surface area contributed by atoms with Gasteiger partial charge in [0, 0.05) is 12.7 Å². The molecule has 0 saturated carbocycles. The molecule has 0 aliphatic carbocycles. The van der Waals surface area contributed by atoms with Crippen molar-refractivity contribution in [2.75, 3.05) is 10.7 Å². The molecule has 0 saturated heterocycles. The lowest BCUT2D eigenvalue weighted by atomic mass is 10.3. The largest absolute Gasteiger partial charge is 0.318 e. The highest BCUT2D eigenvalue weighted by molar-refractivity contribution is 6.34. The fourth-order valence-electron chi connectivity index (χ4n) is 1.47. The van der Waals surface area contributed by atoms with Crippen molar-refractivity contribution in [2.45, 2.75) is 13.5 Å². The lowest BCUT2D eigenvalue weighted by Crippen LogP contribution is -2.16. The topological polar surface area (TPSA) is 97.9 Å². The minimum Gasteiger partial charge on any atom is -0.318 e. The summed E-state index contributed by atoms with van der Waals surface area (Å²) in [5, 5.41) is 6.97. The molecule has 8 heteroatoms. The van der Waals surface area contributed by atoms with Gasteiger partial charge < -0.3 is 10.7 Å². The van der Waals surface area contributed by atoms with Crippen LogP contribution >= 0.6 is 11.6 Å². The summed E-state index contributed by atoms with van der Waals surface area (Å²) < 4.78 is 1.70. The van der Waals surface area contributed by atoms with Crippen LogP contribution in [0.25, 0.3) is 0 Å². The zero-order chi connectivity index (χ0) is 13.8. The number of hydrogen-bond acceptors (Lipinski definition) is 5. The number of halogens is 1. The van der Waals surface area contributed by atoms with Gasteiger partial charge in [-0.05, 0) is 19.1 Å². The molecule has 7 nitrogen and oxygen atoms in total. The molecule has 100 valence electrons. The Morgan fingerprint density at radius 3 is 2.95 bits per heavy atom. The molecule has 4 N–H and O–H groups in total. The number of hydrazine groups is 1. The third-order valence-electron chi connectivity index (χ3n) is 2.42. The number of carbonyl (C=O) groups excluding carboxylic acids is 1. The van der Waals surface area contributed by atoms with Crippen LogP contribution in [0.4, 0.5) is 11.5 Å². The lowest BCUT2D eigenvalue weighted by Gasteiger charge is -2.06. The number of hydrogen-bond donors (Lipinski definition) is 3. The molecular weight excluding hydrogens is 268 g/mol. The fourth-order valence-corrected chi connectivity index (χ4v) is 1.66. The summed E-state index contributed by atoms with van der Waals surface area (Å²) in [5.74, 6) is 5.18. The summed E-state index contributed by atoms with van der Waals surface area (Å²) in [4.78, 5) is 16.0. The van der Waals surface area contributed by atoms with Crippen LogP contribution in [0, 0.1) is 0 Å². The Labute approximate surface area is 114 Å². The second kappa shape index (κ2) is 5.68. The fraction of sp³-hybridized carbons (Fsp3) is 0.182. The van der Waals surface area contributed by atoms with Crippen molar-refractivity contribution in [3.05, 3.63) is 35.2 Å². The van der Waals surface area contributed by atoms with E-state index in [9.17, 15) is 4.79 Å². The van der Waals surface area contributed by atoms with Crippen molar-refractivity contribution in [1.29, 1.82) is 0 Å². The second-order valence-corrected chi connectivity index (χ2v) is 4.12. The molecule has 2 aromatic rings. The zero-order valence-electron chi connectivity index (χ0n) is 10.2. The summed E-state index contributed by atoms with van der Waals surface area (Å²) in [5.41, 5.74) is 3.04. The predicted octanol–water partition coefficient (Wildman–Crippen LogP) is 1.49. The maximum atomic E-state index is 12.0. The Balaban J connectivity index is 2.19. The molecule has 2 aromatic heterocycles. The standard InChI is InChI=1S/C11H13ClN6O/c1-2-18-6-7(5-14-18)15-11(19)10-8(12)3-4-9(16-10)17-13/h3-6H,2,13H2,1H3,(H,15,19)(H,16,17). The summed E-state index contributed by atoms with van der Waals surface area (Å²) in [6.45, 7) is 2.68. The minimum absolute atomic E-state index is 0.0985. The first-order chi connectivity index (χ1) is 9.13. The smallest absolute Gasteiger partial charge is 0.275 e. The first-order valence-corrected chi connectivity index (χ1v) is 5.98. The predicted molar refractivity (Wildman–Crippen MR) is 72.9 cm³/mol. The number of nitrogens with one attached hydrogen (secondary N) is 2. The maximum Gasteiger partial charge on any atom is 0.275 e. The van der Waals surface area contributed by atoms with Crippen LogP contribution in [0.5, 0.6) is 0 Å². The van der Waals surface area contributed by atoms with Crippen LogP contribution < -0.4 is 16.6 Å². The summed E-state index contributed by atoms with van der Waals surface area (Å²) in [7, 11) is 0. The van der Waals surface area contributed by atoms with E-state index in [1.807, 2.05) is 6.92 Å². The number of carbonyl (C=O) groups is 1. The number of pyridine rings is 1. The third kappa shape index (κ3) is 3.01. The number of aromatic nitrogens is 3. The molecule has 0 bridgehead atoms. The molecule has 0 aromatic carbocycles. The number of anilines is 2. The minimum atomic E-state index is -0.419. The molecular formula is C11H13ClN6O. The SMILES string of the molecule is CCn1cc(NC(=O)c2nc(NN)ccc2Cl)cn1. The Bertz CT molecular complexity index is 597. The number of nitrogens with zero attached hydrogens (tertiary/aromatic N) is 3. The molecule has 19 heavy (non-hydrogen) atoms. The quantitative estimate of drug-likeness (QED) is 0.582. The Hall–Kier alpha value is -2.12. The number of rotatable bonds is 4. The average molecular weight is 281 g/mol. The van der Waals surface area contributed by atoms with Gasteiger partial charge in [-0.15, -0.1) is 0 Å². The van der Waals surface area contributed by atoms with Gasteiger partial charge in [-0.1, -0.05) is 11.6 Å². The van der Waals surface area contributed by atoms with Gasteiger partial charge in [0.1, 0.15) is 11.5 Å². The molecule has 0 spiro atoms. The summed E-state index contributed by atoms with van der Waals surface area (Å²) in [6.07, 6.45) is 3.27. The van der Waals surface area contributed by atoms with Crippen LogP contribution in [-0.4, -0.2) is 20.7 Å². The van der Waals surface area contributed by atoms with Gasteiger partial charge in [-0.2, -0.15) is 5.10 Å². The van der Waals surface area contributed by atoms with E-state index in [2.05, 4.69) is 20.8 Å². The van der Waals surface area contributed by atoms with Gasteiger partial charge in [-0.3, -0.25) is 9.48 Å². The number of nitrogens with two attached hydrogens (primary N) is 1. The third-order valence-corrected chi connectivity index (χ3v) is 2.73. The highest BCUT2D eigenvalue weighted by Gasteiger charge is 2.14. The molecule has 0 fully saturated rings. The van der Waals surface area contributed by atoms with Gasteiger partial charge in [0.05, 0.1) is 16.9 Å². The Morgan fingerprint density at radius 1 is 1.53 bits per heavy atom. The molecule has 0 aliphatic heterocycles. The first-order valence-electron chi connectivity index (χ1n) is 5.61. The average Bonchev–Trinajstić information content (AvgIpc) is 2.87. The van der Waals surface area contributed by atoms with E-state index in [1.165, 1.54) is 0 Å². The van der Waals surface area contributed by atoms with Crippen LogP contribution in [0.1, 0.15) is 17.4 Å². The van der Waals surface area contributed by atoms with E-state index in [0.29, 0.717) is 11.5 Å². The monoisotopic (exact) mass is 280 g/mol. The molecule has 2 heterocycles. The van der Waals surface area contributed by atoms with Crippen molar-refractivity contribution in [3.63, 3.8) is 0 Å². The van der Waals surface area contributed by atoms with Crippen LogP contribution in [0.2, 0.25) is 5.02 Å². The van der Waals surface area contributed by atoms with Gasteiger partial charge in [-0.25, -0.2) is 10.8 Å². The molecule has 0 radical (unpaired) electrons. The molecule has 2 rings (SSSR count). The molecule has 0 atom stereocenters. The van der Waals surface area contributed by atoms with Crippen molar-refractivity contribution < 1.29 is 4.79 Å². The zero-order valence-corrected chi connectivity index (χ0v) is 11.0. The Kier molecular flexibility index (Phi) is 3.98. The van der Waals surface area contributed by atoms with Crippen LogP contribution in [-0.2, 0) is 6.54 Å². The number of amides is 1. The number of aryl methyl sites for hydroxylation is 1. The van der Waals surface area contributed by atoms with Crippen molar-refractivity contribution >= 4 is 29.0 Å². The van der Waals surface area contributed by atoms with E-state index in [4.69, 9.17) is 17.4 Å². The lowest BCUT2D eigenvalue weighted by molar-refractivity contribution is 0.102. The highest BCUT2D eigenvalue weighted by atomic mass is 35.5. The second-order valence-electron chi connectivity index (χ2n) is 3.71. The van der Waals surface area contributed by atoms with Gasteiger partial charge in [0.2, 0.25) is 0 Å². The summed E-state index contributed by atoms with van der Waals surface area (Å²) in [6, 6.07) is 3.13. The van der Waals surface area contributed by atoms with Gasteiger partial charge >= 0.3 is 0 Å². The molecule has 1 amide bonds. The van der Waals surface area contributed by atoms with Crippen LogP contribution in [0.3, 0.4) is 0 Å². The Morgan fingerprint density at radius 2 is 2.32 bits per heavy atom. The van der Waals surface area contributed by atoms with Gasteiger partial charge in [0.15, 0.2) is 0 Å². The van der Waals surface area contributed by atoms with E-state index in [-0.39, 0.29) is 10.7 Å².